The number of amides is 2. The summed E-state index contributed by atoms with van der Waals surface area (Å²) >= 11 is 1.60. The van der Waals surface area contributed by atoms with Crippen LogP contribution in [0.2, 0.25) is 0 Å². The first-order valence-corrected chi connectivity index (χ1v) is 7.37. The van der Waals surface area contributed by atoms with Crippen LogP contribution < -0.4 is 10.6 Å². The first kappa shape index (κ1) is 14.6. The van der Waals surface area contributed by atoms with Crippen LogP contribution in [0.1, 0.15) is 22.8 Å². The van der Waals surface area contributed by atoms with Crippen LogP contribution in [0.4, 0.5) is 4.79 Å². The van der Waals surface area contributed by atoms with Crippen LogP contribution in [0, 0.1) is 6.92 Å². The Morgan fingerprint density at radius 2 is 2.10 bits per heavy atom. The van der Waals surface area contributed by atoms with Crippen LogP contribution in [0.5, 0.6) is 0 Å². The van der Waals surface area contributed by atoms with E-state index in [1.54, 1.807) is 11.3 Å². The number of urea groups is 1. The lowest BCUT2D eigenvalue weighted by Crippen LogP contribution is -2.37. The van der Waals surface area contributed by atoms with Crippen LogP contribution in [-0.2, 0) is 6.54 Å². The van der Waals surface area contributed by atoms with Crippen molar-refractivity contribution in [2.24, 2.45) is 0 Å². The predicted molar refractivity (Wildman–Crippen MR) is 80.7 cm³/mol. The van der Waals surface area contributed by atoms with Gasteiger partial charge in [0, 0.05) is 13.1 Å². The van der Waals surface area contributed by atoms with E-state index >= 15 is 0 Å². The SMILES string of the molecule is Cc1ccccc1C(O)CNC(=O)NCc1ccsc1. The fourth-order valence-electron chi connectivity index (χ4n) is 1.90. The van der Waals surface area contributed by atoms with Crippen molar-refractivity contribution in [3.05, 3.63) is 57.8 Å². The lowest BCUT2D eigenvalue weighted by Gasteiger charge is -2.14. The Labute approximate surface area is 122 Å². The van der Waals surface area contributed by atoms with Crippen molar-refractivity contribution in [3.63, 3.8) is 0 Å². The molecule has 4 nitrogen and oxygen atoms in total. The van der Waals surface area contributed by atoms with Gasteiger partial charge in [0.25, 0.3) is 0 Å². The second kappa shape index (κ2) is 7.07. The van der Waals surface area contributed by atoms with E-state index in [0.29, 0.717) is 6.54 Å². The minimum Gasteiger partial charge on any atom is -0.387 e. The molecule has 0 aliphatic rings. The fourth-order valence-corrected chi connectivity index (χ4v) is 2.57. The highest BCUT2D eigenvalue weighted by atomic mass is 32.1. The number of aryl methyl sites for hydroxylation is 1. The van der Waals surface area contributed by atoms with Crippen LogP contribution >= 0.6 is 11.3 Å². The molecule has 0 aliphatic heterocycles. The average Bonchev–Trinajstić information content (AvgIpc) is 2.96. The van der Waals surface area contributed by atoms with Gasteiger partial charge in [-0.3, -0.25) is 0 Å². The quantitative estimate of drug-likeness (QED) is 0.792. The molecule has 1 atom stereocenters. The van der Waals surface area contributed by atoms with Gasteiger partial charge in [-0.1, -0.05) is 24.3 Å². The smallest absolute Gasteiger partial charge is 0.315 e. The monoisotopic (exact) mass is 290 g/mol. The van der Waals surface area contributed by atoms with E-state index in [1.807, 2.05) is 48.0 Å². The lowest BCUT2D eigenvalue weighted by atomic mass is 10.0. The number of thiophene rings is 1. The predicted octanol–water partition coefficient (Wildman–Crippen LogP) is 2.59. The molecular weight excluding hydrogens is 272 g/mol. The molecule has 3 N–H and O–H groups in total. The van der Waals surface area contributed by atoms with Crippen molar-refractivity contribution in [2.45, 2.75) is 19.6 Å². The second-order valence-electron chi connectivity index (χ2n) is 4.57. The summed E-state index contributed by atoms with van der Waals surface area (Å²) in [6, 6.07) is 9.30. The second-order valence-corrected chi connectivity index (χ2v) is 5.35. The van der Waals surface area contributed by atoms with Crippen molar-refractivity contribution >= 4 is 17.4 Å². The Kier molecular flexibility index (Phi) is 5.15. The van der Waals surface area contributed by atoms with Gasteiger partial charge in [-0.25, -0.2) is 4.79 Å². The van der Waals surface area contributed by atoms with Gasteiger partial charge in [0.1, 0.15) is 0 Å². The highest BCUT2D eigenvalue weighted by Gasteiger charge is 2.11. The zero-order chi connectivity index (χ0) is 14.4. The van der Waals surface area contributed by atoms with E-state index in [9.17, 15) is 9.90 Å². The zero-order valence-electron chi connectivity index (χ0n) is 11.3. The van der Waals surface area contributed by atoms with E-state index in [2.05, 4.69) is 10.6 Å². The van der Waals surface area contributed by atoms with Gasteiger partial charge in [0.2, 0.25) is 0 Å². The van der Waals surface area contributed by atoms with Gasteiger partial charge in [-0.05, 0) is 40.4 Å². The molecule has 5 heteroatoms. The molecule has 1 heterocycles. The van der Waals surface area contributed by atoms with Crippen LogP contribution in [0.25, 0.3) is 0 Å². The third-order valence-electron chi connectivity index (χ3n) is 3.04. The molecule has 0 spiro atoms. The Morgan fingerprint density at radius 3 is 2.80 bits per heavy atom. The van der Waals surface area contributed by atoms with Gasteiger partial charge in [-0.15, -0.1) is 0 Å². The molecular formula is C15H18N2O2S. The van der Waals surface area contributed by atoms with Crippen molar-refractivity contribution in [3.8, 4) is 0 Å². The van der Waals surface area contributed by atoms with E-state index in [1.165, 1.54) is 0 Å². The topological polar surface area (TPSA) is 61.4 Å². The molecule has 0 saturated heterocycles. The Balaban J connectivity index is 1.77. The molecule has 1 unspecified atom stereocenters. The van der Waals surface area contributed by atoms with Gasteiger partial charge in [0.15, 0.2) is 0 Å². The molecule has 0 fully saturated rings. The summed E-state index contributed by atoms with van der Waals surface area (Å²) in [6.07, 6.45) is -0.692. The maximum atomic E-state index is 11.6. The molecule has 106 valence electrons. The van der Waals surface area contributed by atoms with Crippen molar-refractivity contribution < 1.29 is 9.90 Å². The number of rotatable bonds is 5. The number of aliphatic hydroxyl groups excluding tert-OH is 1. The average molecular weight is 290 g/mol. The van der Waals surface area contributed by atoms with E-state index in [4.69, 9.17) is 0 Å². The number of carbonyl (C=O) groups is 1. The molecule has 20 heavy (non-hydrogen) atoms. The highest BCUT2D eigenvalue weighted by Crippen LogP contribution is 2.16. The minimum absolute atomic E-state index is 0.195. The molecule has 1 aromatic heterocycles. The van der Waals surface area contributed by atoms with Gasteiger partial charge in [-0.2, -0.15) is 11.3 Å². The molecule has 0 saturated carbocycles. The number of hydrogen-bond donors (Lipinski definition) is 3. The largest absolute Gasteiger partial charge is 0.387 e. The Morgan fingerprint density at radius 1 is 1.30 bits per heavy atom. The molecule has 0 aliphatic carbocycles. The molecule has 2 amide bonds. The standard InChI is InChI=1S/C15H18N2O2S/c1-11-4-2-3-5-13(11)14(18)9-17-15(19)16-8-12-6-7-20-10-12/h2-7,10,14,18H,8-9H2,1H3,(H2,16,17,19). The summed E-state index contributed by atoms with van der Waals surface area (Å²) in [5.74, 6) is 0. The molecule has 0 radical (unpaired) electrons. The number of hydrogen-bond acceptors (Lipinski definition) is 3. The summed E-state index contributed by atoms with van der Waals surface area (Å²) < 4.78 is 0. The summed E-state index contributed by atoms with van der Waals surface area (Å²) in [5.41, 5.74) is 2.93. The van der Waals surface area contributed by atoms with Gasteiger partial charge in [0.05, 0.1) is 6.10 Å². The summed E-state index contributed by atoms with van der Waals surface area (Å²) in [7, 11) is 0. The third kappa shape index (κ3) is 4.08. The van der Waals surface area contributed by atoms with Crippen molar-refractivity contribution in [1.82, 2.24) is 10.6 Å². The highest BCUT2D eigenvalue weighted by molar-refractivity contribution is 7.07. The van der Waals surface area contributed by atoms with E-state index in [-0.39, 0.29) is 12.6 Å². The Bertz CT molecular complexity index is 555. The minimum atomic E-state index is -0.692. The molecule has 2 rings (SSSR count). The normalized spacial score (nSPS) is 11.9. The number of carbonyl (C=O) groups excluding carboxylic acids is 1. The fraction of sp³-hybridized carbons (Fsp3) is 0.267. The molecule has 0 bridgehead atoms. The number of nitrogens with one attached hydrogen (secondary N) is 2. The van der Waals surface area contributed by atoms with Crippen LogP contribution in [0.15, 0.2) is 41.1 Å². The van der Waals surface area contributed by atoms with E-state index in [0.717, 1.165) is 16.7 Å². The molecule has 1 aromatic carbocycles. The molecule has 2 aromatic rings. The summed E-state index contributed by atoms with van der Waals surface area (Å²) in [5, 5.41) is 19.4. The van der Waals surface area contributed by atoms with Crippen molar-refractivity contribution in [2.75, 3.05) is 6.54 Å². The zero-order valence-corrected chi connectivity index (χ0v) is 12.1. The number of benzene rings is 1. The van der Waals surface area contributed by atoms with Gasteiger partial charge >= 0.3 is 6.03 Å². The summed E-state index contributed by atoms with van der Waals surface area (Å²) in [4.78, 5) is 11.6. The maximum absolute atomic E-state index is 11.6. The first-order valence-electron chi connectivity index (χ1n) is 6.43. The van der Waals surface area contributed by atoms with Crippen LogP contribution in [-0.4, -0.2) is 17.7 Å². The van der Waals surface area contributed by atoms with E-state index < -0.39 is 6.10 Å². The van der Waals surface area contributed by atoms with Gasteiger partial charge < -0.3 is 15.7 Å². The summed E-state index contributed by atoms with van der Waals surface area (Å²) in [6.45, 7) is 2.63. The lowest BCUT2D eigenvalue weighted by molar-refractivity contribution is 0.172. The first-order chi connectivity index (χ1) is 9.66. The third-order valence-corrected chi connectivity index (χ3v) is 3.77. The number of aliphatic hydroxyl groups is 1. The van der Waals surface area contributed by atoms with Crippen molar-refractivity contribution in [1.29, 1.82) is 0 Å². The maximum Gasteiger partial charge on any atom is 0.315 e. The Hall–Kier alpha value is -1.85. The van der Waals surface area contributed by atoms with Crippen LogP contribution in [0.3, 0.4) is 0 Å².